The summed E-state index contributed by atoms with van der Waals surface area (Å²) in [6.07, 6.45) is 5.69. The van der Waals surface area contributed by atoms with E-state index in [0.717, 1.165) is 44.1 Å². The van der Waals surface area contributed by atoms with Crippen molar-refractivity contribution in [3.05, 3.63) is 81.8 Å². The molecule has 1 saturated heterocycles. The maximum absolute atomic E-state index is 14.6. The molecule has 2 aliphatic rings. The van der Waals surface area contributed by atoms with Gasteiger partial charge < -0.3 is 24.7 Å². The zero-order valence-electron chi connectivity index (χ0n) is 31.6. The molecule has 1 aliphatic heterocycles. The van der Waals surface area contributed by atoms with Crippen molar-refractivity contribution < 1.29 is 28.3 Å². The monoisotopic (exact) mass is 746 g/mol. The lowest BCUT2D eigenvalue weighted by atomic mass is 9.82. The molecule has 52 heavy (non-hydrogen) atoms. The minimum absolute atomic E-state index is 0.0159. The molecule has 3 amide bonds. The molecule has 0 radical (unpaired) electrons. The number of nitrogens with zero attached hydrogens (tertiary/aromatic N) is 2. The number of carbonyl (C=O) groups is 4. The molecular weight excluding hydrogens is 693 g/mol. The normalized spacial score (nSPS) is 18.6. The maximum Gasteiger partial charge on any atom is 0.407 e. The third-order valence-electron chi connectivity index (χ3n) is 11.0. The first-order valence-corrected chi connectivity index (χ1v) is 22.2. The molecule has 0 bridgehead atoms. The van der Waals surface area contributed by atoms with Crippen LogP contribution in [-0.4, -0.2) is 67.1 Å². The fourth-order valence-electron chi connectivity index (χ4n) is 6.92. The van der Waals surface area contributed by atoms with Crippen LogP contribution in [0.5, 0.6) is 5.75 Å². The van der Waals surface area contributed by atoms with Gasteiger partial charge in [-0.1, -0.05) is 82.5 Å². The van der Waals surface area contributed by atoms with Gasteiger partial charge in [0.05, 0.1) is 13.2 Å². The Balaban J connectivity index is 1.36. The Hall–Kier alpha value is -4.03. The smallest absolute Gasteiger partial charge is 0.407 e. The Morgan fingerprint density at radius 3 is 2.35 bits per heavy atom. The van der Waals surface area contributed by atoms with Crippen molar-refractivity contribution in [3.63, 3.8) is 0 Å². The van der Waals surface area contributed by atoms with Gasteiger partial charge in [0.25, 0.3) is 0 Å². The molecule has 1 aromatic heterocycles. The predicted octanol–water partition coefficient (Wildman–Crippen LogP) is 7.84. The van der Waals surface area contributed by atoms with Gasteiger partial charge in [-0.05, 0) is 74.4 Å². The molecule has 0 unspecified atom stereocenters. The lowest BCUT2D eigenvalue weighted by Gasteiger charge is -2.37. The zero-order chi connectivity index (χ0) is 37.7. The van der Waals surface area contributed by atoms with Crippen molar-refractivity contribution in [3.8, 4) is 5.75 Å². The van der Waals surface area contributed by atoms with Crippen molar-refractivity contribution in [1.82, 2.24) is 20.5 Å². The highest BCUT2D eigenvalue weighted by molar-refractivity contribution is 7.10. The van der Waals surface area contributed by atoms with E-state index in [1.54, 1.807) is 24.4 Å². The third-order valence-corrected chi connectivity index (χ3v) is 16.3. The number of rotatable bonds is 12. The van der Waals surface area contributed by atoms with E-state index in [1.807, 2.05) is 47.4 Å². The molecule has 2 fully saturated rings. The number of amides is 3. The van der Waals surface area contributed by atoms with Crippen LogP contribution in [0.2, 0.25) is 18.1 Å². The van der Waals surface area contributed by atoms with Gasteiger partial charge in [-0.25, -0.2) is 9.78 Å². The number of nitrogens with one attached hydrogen (secondary N) is 2. The highest BCUT2D eigenvalue weighted by Crippen LogP contribution is 2.39. The first-order chi connectivity index (χ1) is 24.6. The first-order valence-electron chi connectivity index (χ1n) is 18.4. The maximum atomic E-state index is 14.6. The largest absolute Gasteiger partial charge is 0.543 e. The number of benzene rings is 2. The summed E-state index contributed by atoms with van der Waals surface area (Å²) < 4.78 is 11.4. The Morgan fingerprint density at radius 2 is 1.67 bits per heavy atom. The molecular formula is C40H54N4O6SSi. The van der Waals surface area contributed by atoms with E-state index < -0.39 is 31.9 Å². The number of aromatic nitrogens is 1. The average molecular weight is 747 g/mol. The fraction of sp³-hybridized carbons (Fsp3) is 0.525. The highest BCUT2D eigenvalue weighted by atomic mass is 32.1. The molecule has 3 atom stereocenters. The molecule has 1 aliphatic carbocycles. The molecule has 3 aromatic rings. The standard InChI is InChI=1S/C40H54N4O6SSi/c1-39(2,3)52(6,7)50-30-21-14-20-29(24-30)34(45)31-26-51-35(41-31)32-22-15-23-44(32)36(46)33(28-18-12-9-13-19-28)42-37(47)40(4,43-38(48)49-5)25-27-16-10-8-11-17-27/h8,10-11,14,16-17,20-21,24,26,28,32-33H,9,12-13,15,18-19,22-23,25H2,1-7H3,(H,42,47)(H,43,48)/t32-,33-,40-/m0/s1. The van der Waals surface area contributed by atoms with Crippen molar-refractivity contribution in [1.29, 1.82) is 0 Å². The molecule has 280 valence electrons. The van der Waals surface area contributed by atoms with Crippen molar-refractivity contribution in [2.24, 2.45) is 5.92 Å². The SMILES string of the molecule is COC(=O)N[C@@](C)(Cc1ccccc1)C(=O)N[C@H](C(=O)N1CCC[C@H]1c1nc(C(=O)c2cccc(O[Si](C)(C)C(C)(C)C)c2)cs1)C1CCCCC1. The fourth-order valence-corrected chi connectivity index (χ4v) is 8.89. The van der Waals surface area contributed by atoms with Crippen LogP contribution in [0.1, 0.15) is 105 Å². The summed E-state index contributed by atoms with van der Waals surface area (Å²) in [7, 11) is -0.837. The summed E-state index contributed by atoms with van der Waals surface area (Å²) in [4.78, 5) is 61.6. The van der Waals surface area contributed by atoms with Crippen LogP contribution < -0.4 is 15.1 Å². The predicted molar refractivity (Wildman–Crippen MR) is 206 cm³/mol. The molecule has 2 N–H and O–H groups in total. The third kappa shape index (κ3) is 9.12. The Bertz CT molecular complexity index is 1730. The number of methoxy groups -OCH3 is 1. The molecule has 10 nitrogen and oxygen atoms in total. The van der Waals surface area contributed by atoms with Gasteiger partial charge in [-0.3, -0.25) is 14.4 Å². The van der Waals surface area contributed by atoms with Crippen molar-refractivity contribution >= 4 is 43.3 Å². The van der Waals surface area contributed by atoms with Gasteiger partial charge in [-0.15, -0.1) is 11.3 Å². The van der Waals surface area contributed by atoms with Gasteiger partial charge >= 0.3 is 6.09 Å². The van der Waals surface area contributed by atoms with Crippen LogP contribution in [-0.2, 0) is 20.7 Å². The summed E-state index contributed by atoms with van der Waals surface area (Å²) in [5.74, 6) is -0.148. The summed E-state index contributed by atoms with van der Waals surface area (Å²) in [5.41, 5.74) is 0.336. The highest BCUT2D eigenvalue weighted by Gasteiger charge is 2.44. The molecule has 2 aromatic carbocycles. The number of hydrogen-bond acceptors (Lipinski definition) is 8. The summed E-state index contributed by atoms with van der Waals surface area (Å²) >= 11 is 1.39. The molecule has 1 saturated carbocycles. The van der Waals surface area contributed by atoms with E-state index >= 15 is 0 Å². The first kappa shape index (κ1) is 39.2. The molecule has 5 rings (SSSR count). The van der Waals surface area contributed by atoms with E-state index in [4.69, 9.17) is 14.1 Å². The van der Waals surface area contributed by atoms with Gasteiger partial charge in [0.1, 0.15) is 28.0 Å². The minimum atomic E-state index is -2.10. The van der Waals surface area contributed by atoms with Crippen LogP contribution in [0.3, 0.4) is 0 Å². The van der Waals surface area contributed by atoms with Crippen LogP contribution in [0.4, 0.5) is 4.79 Å². The number of carbonyl (C=O) groups excluding carboxylic acids is 4. The number of thiazole rings is 1. The molecule has 12 heteroatoms. The summed E-state index contributed by atoms with van der Waals surface area (Å²) in [6, 6.07) is 15.7. The Morgan fingerprint density at radius 1 is 0.962 bits per heavy atom. The summed E-state index contributed by atoms with van der Waals surface area (Å²) in [6.45, 7) is 13.1. The Kier molecular flexibility index (Phi) is 12.3. The van der Waals surface area contributed by atoms with Crippen LogP contribution in [0.15, 0.2) is 60.0 Å². The van der Waals surface area contributed by atoms with Gasteiger partial charge in [0.15, 0.2) is 0 Å². The van der Waals surface area contributed by atoms with E-state index in [2.05, 4.69) is 44.5 Å². The van der Waals surface area contributed by atoms with E-state index in [1.165, 1.54) is 18.4 Å². The lowest BCUT2D eigenvalue weighted by Crippen LogP contribution is -2.63. The van der Waals surface area contributed by atoms with E-state index in [-0.39, 0.29) is 35.1 Å². The number of alkyl carbamates (subject to hydrolysis) is 1. The van der Waals surface area contributed by atoms with Crippen LogP contribution in [0.25, 0.3) is 0 Å². The van der Waals surface area contributed by atoms with E-state index in [0.29, 0.717) is 35.0 Å². The quantitative estimate of drug-likeness (QED) is 0.143. The molecule has 2 heterocycles. The van der Waals surface area contributed by atoms with Gasteiger partial charge in [0, 0.05) is 23.9 Å². The topological polar surface area (TPSA) is 127 Å². The minimum Gasteiger partial charge on any atom is -0.543 e. The van der Waals surface area contributed by atoms with Gasteiger partial charge in [0.2, 0.25) is 25.9 Å². The second kappa shape index (κ2) is 16.3. The second-order valence-corrected chi connectivity index (χ2v) is 21.6. The van der Waals surface area contributed by atoms with Gasteiger partial charge in [-0.2, -0.15) is 0 Å². The number of ketones is 1. The van der Waals surface area contributed by atoms with Crippen molar-refractivity contribution in [2.45, 2.75) is 115 Å². The van der Waals surface area contributed by atoms with Crippen molar-refractivity contribution in [2.75, 3.05) is 13.7 Å². The lowest BCUT2D eigenvalue weighted by molar-refractivity contribution is -0.140. The number of likely N-dealkylation sites (tertiary alicyclic amines) is 1. The summed E-state index contributed by atoms with van der Waals surface area (Å²) in [5, 5.41) is 8.36. The Labute approximate surface area is 313 Å². The van der Waals surface area contributed by atoms with Crippen LogP contribution >= 0.6 is 11.3 Å². The van der Waals surface area contributed by atoms with Crippen LogP contribution in [0, 0.1) is 5.92 Å². The zero-order valence-corrected chi connectivity index (χ0v) is 33.4. The molecule has 0 spiro atoms. The second-order valence-electron chi connectivity index (χ2n) is 15.9. The number of hydrogen-bond donors (Lipinski definition) is 2. The number of ether oxygens (including phenoxy) is 1. The van der Waals surface area contributed by atoms with E-state index in [9.17, 15) is 19.2 Å². The average Bonchev–Trinajstić information content (AvgIpc) is 3.81.